The Kier molecular flexibility index (Phi) is 2.31. The van der Waals surface area contributed by atoms with E-state index < -0.39 is 0 Å². The minimum absolute atomic E-state index is 0.0255. The summed E-state index contributed by atoms with van der Waals surface area (Å²) in [7, 11) is 0. The molecule has 3 nitrogen and oxygen atoms in total. The van der Waals surface area contributed by atoms with E-state index in [1.807, 2.05) is 0 Å². The van der Waals surface area contributed by atoms with Crippen LogP contribution in [0, 0.1) is 0 Å². The van der Waals surface area contributed by atoms with Gasteiger partial charge in [-0.05, 0) is 40.9 Å². The van der Waals surface area contributed by atoms with Gasteiger partial charge < -0.3 is 5.32 Å². The van der Waals surface area contributed by atoms with E-state index in [2.05, 4.69) is 26.2 Å². The highest BCUT2D eigenvalue weighted by Gasteiger charge is 2.23. The second-order valence-corrected chi connectivity index (χ2v) is 3.93. The summed E-state index contributed by atoms with van der Waals surface area (Å²) < 4.78 is 0.746. The van der Waals surface area contributed by atoms with Crippen LogP contribution in [0.25, 0.3) is 0 Å². The summed E-state index contributed by atoms with van der Waals surface area (Å²) in [6.45, 7) is 0. The number of hydrogen-bond donors (Lipinski definition) is 1. The molecule has 0 aromatic carbocycles. The zero-order valence-corrected chi connectivity index (χ0v) is 8.54. The predicted molar refractivity (Wildman–Crippen MR) is 52.4 cm³/mol. The molecule has 0 aliphatic heterocycles. The zero-order valence-electron chi connectivity index (χ0n) is 6.96. The maximum absolute atomic E-state index is 11.4. The number of pyridine rings is 1. The van der Waals surface area contributed by atoms with Crippen LogP contribution in [-0.2, 0) is 0 Å². The lowest BCUT2D eigenvalue weighted by Gasteiger charge is -2.01. The van der Waals surface area contributed by atoms with E-state index >= 15 is 0 Å². The molecule has 0 saturated heterocycles. The number of aromatic nitrogens is 1. The van der Waals surface area contributed by atoms with Crippen LogP contribution in [0.5, 0.6) is 0 Å². The van der Waals surface area contributed by atoms with Gasteiger partial charge in [0, 0.05) is 12.2 Å². The number of carbonyl (C=O) groups is 1. The van der Waals surface area contributed by atoms with Gasteiger partial charge in [0.25, 0.3) is 5.91 Å². The predicted octanol–water partition coefficient (Wildman–Crippen LogP) is 1.74. The maximum atomic E-state index is 11.4. The lowest BCUT2D eigenvalue weighted by molar-refractivity contribution is 0.0950. The van der Waals surface area contributed by atoms with Gasteiger partial charge >= 0.3 is 0 Å². The number of halogens is 1. The maximum Gasteiger partial charge on any atom is 0.253 e. The molecule has 2 rings (SSSR count). The lowest BCUT2D eigenvalue weighted by atomic mass is 10.3. The first-order valence-electron chi connectivity index (χ1n) is 4.18. The van der Waals surface area contributed by atoms with Crippen molar-refractivity contribution in [3.8, 4) is 0 Å². The normalized spacial score (nSPS) is 15.5. The average molecular weight is 241 g/mol. The van der Waals surface area contributed by atoms with Crippen molar-refractivity contribution in [1.29, 1.82) is 0 Å². The second-order valence-electron chi connectivity index (χ2n) is 3.12. The molecule has 1 N–H and O–H groups in total. The molecular weight excluding hydrogens is 232 g/mol. The van der Waals surface area contributed by atoms with Crippen molar-refractivity contribution >= 4 is 21.8 Å². The van der Waals surface area contributed by atoms with E-state index in [0.717, 1.165) is 17.4 Å². The molecule has 0 spiro atoms. The molecule has 0 bridgehead atoms. The van der Waals surface area contributed by atoms with Crippen LogP contribution < -0.4 is 5.32 Å². The molecule has 1 saturated carbocycles. The van der Waals surface area contributed by atoms with Gasteiger partial charge in [-0.1, -0.05) is 0 Å². The Labute approximate surface area is 84.7 Å². The largest absolute Gasteiger partial charge is 0.349 e. The first-order chi connectivity index (χ1) is 6.25. The molecule has 4 heteroatoms. The zero-order chi connectivity index (χ0) is 9.26. The molecule has 1 aromatic rings. The minimum Gasteiger partial charge on any atom is -0.349 e. The summed E-state index contributed by atoms with van der Waals surface area (Å²) in [4.78, 5) is 15.4. The molecule has 13 heavy (non-hydrogen) atoms. The number of amides is 1. The number of nitrogens with zero attached hydrogens (tertiary/aromatic N) is 1. The van der Waals surface area contributed by atoms with Crippen LogP contribution >= 0.6 is 15.9 Å². The van der Waals surface area contributed by atoms with Gasteiger partial charge in [-0.25, -0.2) is 4.98 Å². The Balaban J connectivity index is 2.05. The van der Waals surface area contributed by atoms with Crippen molar-refractivity contribution in [2.45, 2.75) is 18.9 Å². The third-order valence-corrected chi connectivity index (χ3v) is 2.37. The first kappa shape index (κ1) is 8.69. The SMILES string of the molecule is O=C(NC1CC1)c1ccc(Br)nc1. The Bertz CT molecular complexity index is 319. The van der Waals surface area contributed by atoms with E-state index in [4.69, 9.17) is 0 Å². The van der Waals surface area contributed by atoms with Crippen molar-refractivity contribution in [3.63, 3.8) is 0 Å². The van der Waals surface area contributed by atoms with Crippen LogP contribution in [-0.4, -0.2) is 16.9 Å². The molecular formula is C9H9BrN2O. The highest BCUT2D eigenvalue weighted by Crippen LogP contribution is 2.19. The Morgan fingerprint density at radius 3 is 2.85 bits per heavy atom. The number of nitrogens with one attached hydrogen (secondary N) is 1. The van der Waals surface area contributed by atoms with Gasteiger partial charge in [0.1, 0.15) is 4.60 Å². The molecule has 0 radical (unpaired) electrons. The highest BCUT2D eigenvalue weighted by molar-refractivity contribution is 9.10. The van der Waals surface area contributed by atoms with E-state index in [1.54, 1.807) is 18.3 Å². The Hall–Kier alpha value is -0.900. The summed E-state index contributed by atoms with van der Waals surface area (Å²) >= 11 is 3.21. The van der Waals surface area contributed by atoms with Crippen molar-refractivity contribution < 1.29 is 4.79 Å². The molecule has 1 fully saturated rings. The standard InChI is InChI=1S/C9H9BrN2O/c10-8-4-1-6(5-11-8)9(13)12-7-2-3-7/h1,4-5,7H,2-3H2,(H,12,13). The molecule has 0 atom stereocenters. The third-order valence-electron chi connectivity index (χ3n) is 1.90. The van der Waals surface area contributed by atoms with E-state index in [0.29, 0.717) is 11.6 Å². The van der Waals surface area contributed by atoms with Crippen molar-refractivity contribution in [2.24, 2.45) is 0 Å². The van der Waals surface area contributed by atoms with Gasteiger partial charge in [-0.15, -0.1) is 0 Å². The molecule has 1 aliphatic rings. The van der Waals surface area contributed by atoms with Gasteiger partial charge in [0.15, 0.2) is 0 Å². The number of rotatable bonds is 2. The van der Waals surface area contributed by atoms with E-state index in [-0.39, 0.29) is 5.91 Å². The Morgan fingerprint density at radius 2 is 2.31 bits per heavy atom. The molecule has 68 valence electrons. The first-order valence-corrected chi connectivity index (χ1v) is 4.97. The summed E-state index contributed by atoms with van der Waals surface area (Å²) in [6.07, 6.45) is 3.78. The monoisotopic (exact) mass is 240 g/mol. The second kappa shape index (κ2) is 3.46. The third kappa shape index (κ3) is 2.28. The fourth-order valence-corrected chi connectivity index (χ4v) is 1.24. The summed E-state index contributed by atoms with van der Waals surface area (Å²) in [5, 5.41) is 2.90. The highest BCUT2D eigenvalue weighted by atomic mass is 79.9. The van der Waals surface area contributed by atoms with Gasteiger partial charge in [0.2, 0.25) is 0 Å². The fraction of sp³-hybridized carbons (Fsp3) is 0.333. The van der Waals surface area contributed by atoms with Crippen molar-refractivity contribution in [2.75, 3.05) is 0 Å². The summed E-state index contributed by atoms with van der Waals surface area (Å²) in [5.41, 5.74) is 0.620. The molecule has 1 aromatic heterocycles. The minimum atomic E-state index is -0.0255. The average Bonchev–Trinajstić information content (AvgIpc) is 2.89. The molecule has 1 aliphatic carbocycles. The summed E-state index contributed by atoms with van der Waals surface area (Å²) in [6, 6.07) is 3.92. The van der Waals surface area contributed by atoms with E-state index in [1.165, 1.54) is 0 Å². The van der Waals surface area contributed by atoms with Crippen LogP contribution in [0.3, 0.4) is 0 Å². The van der Waals surface area contributed by atoms with Crippen LogP contribution in [0.2, 0.25) is 0 Å². The van der Waals surface area contributed by atoms with Gasteiger partial charge in [-0.3, -0.25) is 4.79 Å². The smallest absolute Gasteiger partial charge is 0.253 e. The van der Waals surface area contributed by atoms with Crippen LogP contribution in [0.4, 0.5) is 0 Å². The number of carbonyl (C=O) groups excluding carboxylic acids is 1. The van der Waals surface area contributed by atoms with Gasteiger partial charge in [0.05, 0.1) is 5.56 Å². The van der Waals surface area contributed by atoms with Crippen molar-refractivity contribution in [3.05, 3.63) is 28.5 Å². The van der Waals surface area contributed by atoms with Gasteiger partial charge in [-0.2, -0.15) is 0 Å². The Morgan fingerprint density at radius 1 is 1.54 bits per heavy atom. The van der Waals surface area contributed by atoms with Crippen LogP contribution in [0.1, 0.15) is 23.2 Å². The molecule has 1 heterocycles. The summed E-state index contributed by atoms with van der Waals surface area (Å²) in [5.74, 6) is -0.0255. The molecule has 1 amide bonds. The van der Waals surface area contributed by atoms with Crippen molar-refractivity contribution in [1.82, 2.24) is 10.3 Å². The topological polar surface area (TPSA) is 42.0 Å². The lowest BCUT2D eigenvalue weighted by Crippen LogP contribution is -2.25. The number of hydrogen-bond acceptors (Lipinski definition) is 2. The van der Waals surface area contributed by atoms with Crippen LogP contribution in [0.15, 0.2) is 22.9 Å². The van der Waals surface area contributed by atoms with E-state index in [9.17, 15) is 4.79 Å². The molecule has 0 unspecified atom stereocenters. The fourth-order valence-electron chi connectivity index (χ4n) is 1.01. The quantitative estimate of drug-likeness (QED) is 0.801.